The van der Waals surface area contributed by atoms with Crippen molar-refractivity contribution in [3.05, 3.63) is 177 Å². The number of alkyl carbamates (subject to hydrolysis) is 2. The zero-order chi connectivity index (χ0) is 84.0. The van der Waals surface area contributed by atoms with Crippen LogP contribution in [0.5, 0.6) is 0 Å². The number of halogens is 1. The topological polar surface area (TPSA) is 284 Å². The summed E-state index contributed by atoms with van der Waals surface area (Å²) >= 11 is 0. The minimum Gasteiger partial charge on any atom is -0.469 e. The number of esters is 3. The SMILES string of the molecule is CCCCC(=O)OC.COC(=O)CCCC(CCC(=O)CCc1c(C)c(C)c(C)c(C)c1C)[C@H]1CC[C@@H](C)[C@H]1C.COCCCC(CCCC(=O)OC)C(=O)N1C(=O)OCC1Cc1ccccc1.COCCCCC(=O)N1C(=O)OCC1Cc1ccccc1.I.O=C1N[C@@H](Cc2ccccc2)CO1.O=C1N[C@H](Cc2ccccc2)CO1. The first kappa shape index (κ1) is 99.6. The van der Waals surface area contributed by atoms with Crippen LogP contribution in [0.15, 0.2) is 121 Å². The number of hydrogen-bond acceptors (Lipinski definition) is 19. The minimum atomic E-state index is -0.587. The molecule has 5 fully saturated rings. The fourth-order valence-corrected chi connectivity index (χ4v) is 15.1. The number of carbonyl (C=O) groups is 10. The number of unbranched alkanes of at least 4 members (excludes halogenated alkanes) is 2. The Morgan fingerprint density at radius 3 is 1.28 bits per heavy atom. The first-order chi connectivity index (χ1) is 55.4. The number of carbonyl (C=O) groups excluding carboxylic acids is 10. The summed E-state index contributed by atoms with van der Waals surface area (Å²) in [6.07, 6.45) is 16.2. The van der Waals surface area contributed by atoms with Gasteiger partial charge >= 0.3 is 42.3 Å². The monoisotopic (exact) mass is 1720 g/mol. The molecule has 4 aliphatic heterocycles. The zero-order valence-electron chi connectivity index (χ0n) is 71.0. The molecule has 4 heterocycles. The molecular formula is C92H131IN4O19. The number of nitrogens with one attached hydrogen (secondary N) is 2. The molecule has 0 aromatic heterocycles. The van der Waals surface area contributed by atoms with Crippen LogP contribution < -0.4 is 10.6 Å². The highest BCUT2D eigenvalue weighted by atomic mass is 127. The van der Waals surface area contributed by atoms with E-state index >= 15 is 0 Å². The summed E-state index contributed by atoms with van der Waals surface area (Å²) in [5, 5.41) is 5.48. The fourth-order valence-electron chi connectivity index (χ4n) is 15.1. The van der Waals surface area contributed by atoms with Crippen LogP contribution in [0.2, 0.25) is 0 Å². The van der Waals surface area contributed by atoms with Gasteiger partial charge in [0.2, 0.25) is 11.8 Å². The van der Waals surface area contributed by atoms with Gasteiger partial charge in [-0.2, -0.15) is 0 Å². The lowest BCUT2D eigenvalue weighted by Crippen LogP contribution is -2.43. The Kier molecular flexibility index (Phi) is 47.9. The van der Waals surface area contributed by atoms with Gasteiger partial charge in [-0.1, -0.05) is 155 Å². The van der Waals surface area contributed by atoms with Gasteiger partial charge < -0.3 is 53.3 Å². The van der Waals surface area contributed by atoms with Crippen molar-refractivity contribution in [3.63, 3.8) is 0 Å². The average molecular weight is 1720 g/mol. The van der Waals surface area contributed by atoms with Crippen LogP contribution in [0.25, 0.3) is 0 Å². The number of cyclic esters (lactones) is 4. The highest BCUT2D eigenvalue weighted by molar-refractivity contribution is 14.0. The van der Waals surface area contributed by atoms with Crippen molar-refractivity contribution in [2.24, 2.45) is 29.6 Å². The molecule has 5 aromatic rings. The molecule has 10 rings (SSSR count). The Labute approximate surface area is 706 Å². The van der Waals surface area contributed by atoms with E-state index in [1.807, 2.05) is 128 Å². The van der Waals surface area contributed by atoms with Gasteiger partial charge in [-0.25, -0.2) is 29.0 Å². The molecule has 6 amide bonds. The van der Waals surface area contributed by atoms with Gasteiger partial charge in [0.15, 0.2) is 0 Å². The Hall–Kier alpha value is -8.75. The lowest BCUT2D eigenvalue weighted by molar-refractivity contribution is -0.141. The first-order valence-corrected chi connectivity index (χ1v) is 41.1. The van der Waals surface area contributed by atoms with Gasteiger partial charge in [0.25, 0.3) is 0 Å². The molecule has 0 spiro atoms. The number of hydrogen-bond donors (Lipinski definition) is 2. The van der Waals surface area contributed by atoms with E-state index in [1.165, 1.54) is 88.5 Å². The molecule has 2 N–H and O–H groups in total. The van der Waals surface area contributed by atoms with E-state index in [1.54, 1.807) is 14.2 Å². The van der Waals surface area contributed by atoms with E-state index in [4.69, 9.17) is 33.2 Å². The summed E-state index contributed by atoms with van der Waals surface area (Å²) in [5.41, 5.74) is 12.8. The molecule has 0 radical (unpaired) electrons. The Morgan fingerprint density at radius 1 is 0.448 bits per heavy atom. The molecule has 4 unspecified atom stereocenters. The summed E-state index contributed by atoms with van der Waals surface area (Å²) in [5.74, 6) is 1.80. The third-order valence-corrected chi connectivity index (χ3v) is 22.5. The number of ether oxygens (including phenoxy) is 9. The van der Waals surface area contributed by atoms with Gasteiger partial charge in [-0.05, 0) is 217 Å². The number of methoxy groups -OCH3 is 5. The second-order valence-electron chi connectivity index (χ2n) is 30.5. The van der Waals surface area contributed by atoms with Crippen LogP contribution >= 0.6 is 24.0 Å². The Bertz CT molecular complexity index is 3680. The number of benzene rings is 5. The smallest absolute Gasteiger partial charge is 0.416 e. The van der Waals surface area contributed by atoms with Gasteiger partial charge in [0.05, 0.1) is 45.5 Å². The van der Waals surface area contributed by atoms with Crippen molar-refractivity contribution in [2.45, 2.75) is 234 Å². The zero-order valence-corrected chi connectivity index (χ0v) is 73.3. The highest BCUT2D eigenvalue weighted by Gasteiger charge is 2.41. The third kappa shape index (κ3) is 35.6. The van der Waals surface area contributed by atoms with Gasteiger partial charge in [-0.3, -0.25) is 28.8 Å². The van der Waals surface area contributed by atoms with Crippen LogP contribution in [0, 0.1) is 64.2 Å². The number of imide groups is 2. The van der Waals surface area contributed by atoms with E-state index < -0.39 is 12.2 Å². The molecular weight excluding hydrogens is 1590 g/mol. The maximum Gasteiger partial charge on any atom is 0.416 e. The van der Waals surface area contributed by atoms with E-state index in [0.29, 0.717) is 127 Å². The molecule has 4 saturated heterocycles. The largest absolute Gasteiger partial charge is 0.469 e. The minimum absolute atomic E-state index is 0. The van der Waals surface area contributed by atoms with E-state index in [2.05, 4.69) is 68.6 Å². The molecule has 0 bridgehead atoms. The highest BCUT2D eigenvalue weighted by Crippen LogP contribution is 2.44. The number of rotatable bonds is 36. The normalized spacial score (nSPS) is 18.6. The van der Waals surface area contributed by atoms with Crippen LogP contribution in [0.1, 0.15) is 198 Å². The Morgan fingerprint density at radius 2 is 0.862 bits per heavy atom. The number of ketones is 1. The second-order valence-corrected chi connectivity index (χ2v) is 30.5. The summed E-state index contributed by atoms with van der Waals surface area (Å²) in [6, 6.07) is 39.4. The van der Waals surface area contributed by atoms with Crippen molar-refractivity contribution < 1.29 is 90.6 Å². The number of amides is 6. The molecule has 1 saturated carbocycles. The lowest BCUT2D eigenvalue weighted by Gasteiger charge is -2.28. The van der Waals surface area contributed by atoms with Crippen LogP contribution in [-0.4, -0.2) is 169 Å². The quantitative estimate of drug-likeness (QED) is 0.0163. The summed E-state index contributed by atoms with van der Waals surface area (Å²) in [6.45, 7) is 20.4. The van der Waals surface area contributed by atoms with Crippen molar-refractivity contribution in [1.82, 2.24) is 20.4 Å². The molecule has 24 heteroatoms. The predicted octanol–water partition coefficient (Wildman–Crippen LogP) is 17.2. The van der Waals surface area contributed by atoms with Crippen LogP contribution in [0.3, 0.4) is 0 Å². The van der Waals surface area contributed by atoms with E-state index in [-0.39, 0.29) is 116 Å². The van der Waals surface area contributed by atoms with Crippen molar-refractivity contribution in [1.29, 1.82) is 0 Å². The molecule has 1 aliphatic carbocycles. The van der Waals surface area contributed by atoms with Crippen LogP contribution in [-0.2, 0) is 104 Å². The molecule has 5 aliphatic rings. The van der Waals surface area contributed by atoms with E-state index in [9.17, 15) is 47.9 Å². The average Bonchev–Trinajstić information content (AvgIpc) is 1.17. The molecule has 640 valence electrons. The molecule has 23 nitrogen and oxygen atoms in total. The number of Topliss-reactive ketones (excluding diaryl/α,β-unsaturated/α-hetero) is 1. The van der Waals surface area contributed by atoms with Crippen molar-refractivity contribution in [3.8, 4) is 0 Å². The van der Waals surface area contributed by atoms with Crippen molar-refractivity contribution >= 4 is 83.9 Å². The van der Waals surface area contributed by atoms with E-state index in [0.717, 1.165) is 74.8 Å². The summed E-state index contributed by atoms with van der Waals surface area (Å²) < 4.78 is 43.7. The van der Waals surface area contributed by atoms with Gasteiger partial charge in [0.1, 0.15) is 32.2 Å². The molecule has 116 heavy (non-hydrogen) atoms. The third-order valence-electron chi connectivity index (χ3n) is 22.5. The summed E-state index contributed by atoms with van der Waals surface area (Å²) in [7, 11) is 7.47. The first-order valence-electron chi connectivity index (χ1n) is 41.1. The lowest BCUT2D eigenvalue weighted by atomic mass is 9.77. The van der Waals surface area contributed by atoms with Crippen molar-refractivity contribution in [2.75, 3.05) is 75.2 Å². The second kappa shape index (κ2) is 55.8. The number of nitrogens with zero attached hydrogens (tertiary/aromatic N) is 2. The maximum absolute atomic E-state index is 13.2. The predicted molar refractivity (Wildman–Crippen MR) is 457 cm³/mol. The molecule has 5 aromatic carbocycles. The maximum atomic E-state index is 13.2. The van der Waals surface area contributed by atoms with Gasteiger partial charge in [-0.15, -0.1) is 24.0 Å². The molecule has 9 atom stereocenters. The van der Waals surface area contributed by atoms with Gasteiger partial charge in [0, 0.05) is 71.9 Å². The fraction of sp³-hybridized carbons (Fsp3) is 0.565. The Balaban J connectivity index is 0.000000307. The van der Waals surface area contributed by atoms with Crippen LogP contribution in [0.4, 0.5) is 19.2 Å². The summed E-state index contributed by atoms with van der Waals surface area (Å²) in [4.78, 5) is 120. The standard InChI is InChI=1S/C29H46O3.C21H29NO6.C16H21NO4.2C10H11NO2.C6H12O2.HI/c1-18-12-16-28(19(18)2)25(10-9-11-29(31)32-8)13-14-26(30)15-17-27-23(6)21(4)20(3)22(5)24(27)7;1-26-13-7-11-17(10-6-12-19(23)27-2)20(24)22-18(15-28-21(22)25)14-16-8-4-3-5-9-16;1-20-10-6-5-9-15(18)17-14(12-21-16(17)19)11-13-7-3-2-4-8-13;2*12-10-11-9(7-13-10)6-8-4-2-1-3-5-8;1-3-4-5-6(7)8-2;/h18-19,25,28H,9-17H2,1-8H3;3-5,8-9,17-18H,6-7,10-15H2,1-2H3;2-4,7-8,14H,5-6,9-12H2,1H3;2*1-5,9H,6-7H2,(H,11,12);3-5H2,1-2H3;1H/t18-,19-,25?,28+;;;2*9-;;/m1..10../s1.